The molecule has 1 fully saturated rings. The van der Waals surface area contributed by atoms with Gasteiger partial charge >= 0.3 is 0 Å². The smallest absolute Gasteiger partial charge is 0.251 e. The van der Waals surface area contributed by atoms with Gasteiger partial charge in [0.25, 0.3) is 5.91 Å². The molecule has 2 aromatic carbocycles. The molecule has 1 aliphatic rings. The molecule has 0 saturated carbocycles. The van der Waals surface area contributed by atoms with Gasteiger partial charge < -0.3 is 15.0 Å². The van der Waals surface area contributed by atoms with Gasteiger partial charge in [0.1, 0.15) is 5.75 Å². The molecule has 1 aliphatic heterocycles. The van der Waals surface area contributed by atoms with Crippen LogP contribution in [0.5, 0.6) is 5.75 Å². The number of carbonyl (C=O) groups excluding carboxylic acids is 1. The van der Waals surface area contributed by atoms with Crippen LogP contribution in [0.15, 0.2) is 48.5 Å². The van der Waals surface area contributed by atoms with Gasteiger partial charge in [-0.3, -0.25) is 4.79 Å². The lowest BCUT2D eigenvalue weighted by Gasteiger charge is -2.26. The zero-order chi connectivity index (χ0) is 19.2. The van der Waals surface area contributed by atoms with E-state index in [0.29, 0.717) is 16.7 Å². The summed E-state index contributed by atoms with van der Waals surface area (Å²) in [5.74, 6) is 3.19. The molecule has 0 spiro atoms. The van der Waals surface area contributed by atoms with Crippen molar-refractivity contribution in [2.24, 2.45) is 0 Å². The molecule has 27 heavy (non-hydrogen) atoms. The number of hydrogen-bond acceptors (Lipinski definition) is 5. The van der Waals surface area contributed by atoms with Gasteiger partial charge in [-0.1, -0.05) is 30.3 Å². The molecule has 1 N–H and O–H groups in total. The average molecular weight is 403 g/mol. The SMILES string of the molecule is COc1ccccc1[C@H](CNC(=O)c1ccc(C2SCCS2)cc1)N(C)C. The molecule has 1 heterocycles. The number of nitrogens with one attached hydrogen (secondary N) is 1. The van der Waals surface area contributed by atoms with E-state index in [1.54, 1.807) is 7.11 Å². The minimum atomic E-state index is -0.0463. The lowest BCUT2D eigenvalue weighted by atomic mass is 10.0. The van der Waals surface area contributed by atoms with Crippen molar-refractivity contribution in [2.45, 2.75) is 10.6 Å². The first-order valence-corrected chi connectivity index (χ1v) is 11.1. The van der Waals surface area contributed by atoms with E-state index in [4.69, 9.17) is 4.74 Å². The zero-order valence-corrected chi connectivity index (χ0v) is 17.6. The molecule has 144 valence electrons. The second-order valence-corrected chi connectivity index (χ2v) is 9.35. The molecule has 0 aromatic heterocycles. The van der Waals surface area contributed by atoms with Crippen molar-refractivity contribution in [3.05, 3.63) is 65.2 Å². The molecule has 0 bridgehead atoms. The minimum Gasteiger partial charge on any atom is -0.496 e. The quantitative estimate of drug-likeness (QED) is 0.751. The van der Waals surface area contributed by atoms with E-state index in [9.17, 15) is 4.79 Å². The number of rotatable bonds is 7. The van der Waals surface area contributed by atoms with Crippen molar-refractivity contribution in [1.29, 1.82) is 0 Å². The normalized spacial score (nSPS) is 15.7. The summed E-state index contributed by atoms with van der Waals surface area (Å²) in [4.78, 5) is 14.7. The first-order chi connectivity index (χ1) is 13.1. The van der Waals surface area contributed by atoms with E-state index >= 15 is 0 Å². The minimum absolute atomic E-state index is 0.0377. The third kappa shape index (κ3) is 5.00. The number of methoxy groups -OCH3 is 1. The van der Waals surface area contributed by atoms with Crippen LogP contribution in [-0.2, 0) is 0 Å². The number of thioether (sulfide) groups is 2. The number of para-hydroxylation sites is 1. The van der Waals surface area contributed by atoms with Crippen LogP contribution in [-0.4, -0.2) is 50.1 Å². The Morgan fingerprint density at radius 1 is 1.15 bits per heavy atom. The fourth-order valence-corrected chi connectivity index (χ4v) is 6.01. The van der Waals surface area contributed by atoms with Gasteiger partial charge in [0, 0.05) is 29.2 Å². The molecular formula is C21H26N2O2S2. The van der Waals surface area contributed by atoms with Crippen molar-refractivity contribution in [3.63, 3.8) is 0 Å². The van der Waals surface area contributed by atoms with Gasteiger partial charge in [0.2, 0.25) is 0 Å². The second kappa shape index (κ2) is 9.53. The predicted octanol–water partition coefficient (Wildman–Crippen LogP) is 4.21. The highest BCUT2D eigenvalue weighted by atomic mass is 32.2. The summed E-state index contributed by atoms with van der Waals surface area (Å²) < 4.78 is 5.99. The van der Waals surface area contributed by atoms with Gasteiger partial charge in [-0.15, -0.1) is 23.5 Å². The zero-order valence-electron chi connectivity index (χ0n) is 16.0. The molecule has 1 amide bonds. The molecule has 4 nitrogen and oxygen atoms in total. The summed E-state index contributed by atoms with van der Waals surface area (Å²) in [6.45, 7) is 0.516. The Kier molecular flexibility index (Phi) is 7.10. The molecule has 1 saturated heterocycles. The highest BCUT2D eigenvalue weighted by Gasteiger charge is 2.20. The maximum atomic E-state index is 12.6. The molecule has 6 heteroatoms. The van der Waals surface area contributed by atoms with Gasteiger partial charge in [0.15, 0.2) is 0 Å². The number of ether oxygens (including phenoxy) is 1. The molecule has 1 atom stereocenters. The maximum absolute atomic E-state index is 12.6. The Balaban J connectivity index is 1.65. The fraction of sp³-hybridized carbons (Fsp3) is 0.381. The predicted molar refractivity (Wildman–Crippen MR) is 116 cm³/mol. The summed E-state index contributed by atoms with van der Waals surface area (Å²) in [5, 5.41) is 3.07. The van der Waals surface area contributed by atoms with Crippen molar-refractivity contribution in [3.8, 4) is 5.75 Å². The summed E-state index contributed by atoms with van der Waals surface area (Å²) in [6.07, 6.45) is 0. The monoisotopic (exact) mass is 402 g/mol. The van der Waals surface area contributed by atoms with Crippen LogP contribution >= 0.6 is 23.5 Å². The van der Waals surface area contributed by atoms with Crippen molar-refractivity contribution in [2.75, 3.05) is 39.3 Å². The molecule has 0 unspecified atom stereocenters. The topological polar surface area (TPSA) is 41.6 Å². The van der Waals surface area contributed by atoms with Crippen molar-refractivity contribution < 1.29 is 9.53 Å². The standard InChI is InChI=1S/C21H26N2O2S2/c1-23(2)18(17-6-4-5-7-19(17)25-3)14-22-20(24)15-8-10-16(11-9-15)21-26-12-13-27-21/h4-11,18,21H,12-14H2,1-3H3,(H,22,24)/t18-/m0/s1. The molecule has 2 aromatic rings. The molecular weight excluding hydrogens is 376 g/mol. The number of likely N-dealkylation sites (N-methyl/N-ethyl adjacent to an activating group) is 1. The van der Waals surface area contributed by atoms with Crippen LogP contribution in [0, 0.1) is 0 Å². The Labute approximate surface area is 170 Å². The number of hydrogen-bond donors (Lipinski definition) is 1. The number of amides is 1. The fourth-order valence-electron chi connectivity index (χ4n) is 3.15. The number of benzene rings is 2. The Morgan fingerprint density at radius 3 is 2.44 bits per heavy atom. The third-order valence-electron chi connectivity index (χ3n) is 4.64. The first kappa shape index (κ1) is 20.1. The highest BCUT2D eigenvalue weighted by Crippen LogP contribution is 2.45. The summed E-state index contributed by atoms with van der Waals surface area (Å²) in [6, 6.07) is 16.0. The Morgan fingerprint density at radius 2 is 1.81 bits per heavy atom. The van der Waals surface area contributed by atoms with E-state index in [-0.39, 0.29) is 11.9 Å². The van der Waals surface area contributed by atoms with E-state index in [2.05, 4.69) is 22.3 Å². The lowest BCUT2D eigenvalue weighted by Crippen LogP contribution is -2.34. The largest absolute Gasteiger partial charge is 0.496 e. The Hall–Kier alpha value is -1.63. The van der Waals surface area contributed by atoms with E-state index in [0.717, 1.165) is 11.3 Å². The van der Waals surface area contributed by atoms with Gasteiger partial charge in [-0.05, 0) is 37.9 Å². The van der Waals surface area contributed by atoms with Gasteiger partial charge in [0.05, 0.1) is 17.7 Å². The van der Waals surface area contributed by atoms with E-state index in [1.165, 1.54) is 17.1 Å². The van der Waals surface area contributed by atoms with Crippen LogP contribution in [0.25, 0.3) is 0 Å². The van der Waals surface area contributed by atoms with E-state index in [1.807, 2.05) is 74.0 Å². The van der Waals surface area contributed by atoms with Gasteiger partial charge in [-0.25, -0.2) is 0 Å². The van der Waals surface area contributed by atoms with Gasteiger partial charge in [-0.2, -0.15) is 0 Å². The van der Waals surface area contributed by atoms with Crippen LogP contribution in [0.3, 0.4) is 0 Å². The summed E-state index contributed by atoms with van der Waals surface area (Å²) in [5.41, 5.74) is 3.06. The maximum Gasteiger partial charge on any atom is 0.251 e. The molecule has 0 radical (unpaired) electrons. The first-order valence-electron chi connectivity index (χ1n) is 9.01. The average Bonchev–Trinajstić information content (AvgIpc) is 3.23. The van der Waals surface area contributed by atoms with Crippen molar-refractivity contribution in [1.82, 2.24) is 10.2 Å². The Bertz CT molecular complexity index is 759. The van der Waals surface area contributed by atoms with Crippen molar-refractivity contribution >= 4 is 29.4 Å². The van der Waals surface area contributed by atoms with Crippen LogP contribution in [0.2, 0.25) is 0 Å². The number of nitrogens with zero attached hydrogens (tertiary/aromatic N) is 1. The highest BCUT2D eigenvalue weighted by molar-refractivity contribution is 8.19. The van der Waals surface area contributed by atoms with Crippen LogP contribution in [0.4, 0.5) is 0 Å². The lowest BCUT2D eigenvalue weighted by molar-refractivity contribution is 0.0941. The van der Waals surface area contributed by atoms with Crippen LogP contribution < -0.4 is 10.1 Å². The second-order valence-electron chi connectivity index (χ2n) is 6.63. The summed E-state index contributed by atoms with van der Waals surface area (Å²) >= 11 is 3.95. The molecule has 0 aliphatic carbocycles. The van der Waals surface area contributed by atoms with E-state index < -0.39 is 0 Å². The third-order valence-corrected chi connectivity index (χ3v) is 7.75. The van der Waals surface area contributed by atoms with Crippen LogP contribution in [0.1, 0.15) is 32.1 Å². The molecule has 3 rings (SSSR count). The summed E-state index contributed by atoms with van der Waals surface area (Å²) in [7, 11) is 5.69. The number of carbonyl (C=O) groups is 1.